The summed E-state index contributed by atoms with van der Waals surface area (Å²) in [5, 5.41) is 0. The maximum Gasteiger partial charge on any atom is 0.321 e. The summed E-state index contributed by atoms with van der Waals surface area (Å²) in [4.78, 5) is 36.7. The summed E-state index contributed by atoms with van der Waals surface area (Å²) in [5.74, 6) is -1.74. The number of fused-ring (bicyclic) bond motifs is 2. The van der Waals surface area contributed by atoms with Gasteiger partial charge in [0.05, 0.1) is 18.1 Å². The van der Waals surface area contributed by atoms with E-state index in [1.807, 2.05) is 19.9 Å². The second-order valence-electron chi connectivity index (χ2n) is 8.17. The molecule has 8 heteroatoms. The van der Waals surface area contributed by atoms with Gasteiger partial charge in [-0.05, 0) is 19.8 Å². The molecule has 7 nitrogen and oxygen atoms in total. The van der Waals surface area contributed by atoms with Gasteiger partial charge in [-0.25, -0.2) is 0 Å². The van der Waals surface area contributed by atoms with Gasteiger partial charge in [-0.2, -0.15) is 0 Å². The molecule has 0 aromatic heterocycles. The molecule has 1 spiro atoms. The number of allylic oxidation sites excluding steroid dienone is 1. The molecule has 0 radical (unpaired) electrons. The Morgan fingerprint density at radius 3 is 2.70 bits per heavy atom. The standard InChI is InChI=1S/C19H23ClO7/c1-10-4-5-18(8-24-11(2)21)12(6-10)26-16-14(23)15(27-13(22)7-20)17(18,3)19(16)9-25-19/h6,12,15-16H,4-5,7-9H2,1-3H3/t12-,15-,16-,17-,18-,19-/m1/s1. The van der Waals surface area contributed by atoms with Crippen LogP contribution in [0.25, 0.3) is 0 Å². The Kier molecular flexibility index (Phi) is 4.22. The van der Waals surface area contributed by atoms with E-state index in [0.29, 0.717) is 13.0 Å². The third-order valence-electron chi connectivity index (χ3n) is 6.95. The topological polar surface area (TPSA) is 91.4 Å². The molecule has 148 valence electrons. The van der Waals surface area contributed by atoms with Crippen molar-refractivity contribution in [2.45, 2.75) is 57.5 Å². The van der Waals surface area contributed by atoms with E-state index in [1.165, 1.54) is 6.92 Å². The predicted molar refractivity (Wildman–Crippen MR) is 93.1 cm³/mol. The number of epoxide rings is 1. The van der Waals surface area contributed by atoms with Crippen LogP contribution in [0.1, 0.15) is 33.6 Å². The van der Waals surface area contributed by atoms with Crippen LogP contribution in [0.3, 0.4) is 0 Å². The van der Waals surface area contributed by atoms with Crippen molar-refractivity contribution in [1.82, 2.24) is 0 Å². The monoisotopic (exact) mass is 398 g/mol. The van der Waals surface area contributed by atoms with Crippen LogP contribution in [-0.2, 0) is 33.3 Å². The molecule has 0 amide bonds. The second kappa shape index (κ2) is 6.03. The maximum atomic E-state index is 13.2. The number of hydrogen-bond donors (Lipinski definition) is 0. The summed E-state index contributed by atoms with van der Waals surface area (Å²) in [6, 6.07) is 0. The molecule has 3 fully saturated rings. The van der Waals surface area contributed by atoms with Crippen molar-refractivity contribution in [3.05, 3.63) is 11.6 Å². The molecular formula is C19H23ClO7. The van der Waals surface area contributed by atoms with Crippen molar-refractivity contribution in [2.24, 2.45) is 10.8 Å². The van der Waals surface area contributed by atoms with Crippen LogP contribution in [-0.4, -0.2) is 60.7 Å². The molecule has 6 atom stereocenters. The number of carbonyl (C=O) groups excluding carboxylic acids is 3. The first-order valence-electron chi connectivity index (χ1n) is 9.11. The molecule has 2 aliphatic carbocycles. The van der Waals surface area contributed by atoms with Gasteiger partial charge in [0.25, 0.3) is 0 Å². The van der Waals surface area contributed by atoms with E-state index < -0.39 is 46.7 Å². The smallest absolute Gasteiger partial charge is 0.321 e. The van der Waals surface area contributed by atoms with Crippen molar-refractivity contribution in [3.8, 4) is 0 Å². The Bertz CT molecular complexity index is 742. The second-order valence-corrected chi connectivity index (χ2v) is 8.44. The molecule has 4 aliphatic rings. The van der Waals surface area contributed by atoms with Crippen LogP contribution in [0.15, 0.2) is 11.6 Å². The third-order valence-corrected chi connectivity index (χ3v) is 7.17. The molecule has 1 saturated carbocycles. The van der Waals surface area contributed by atoms with Gasteiger partial charge in [-0.3, -0.25) is 14.4 Å². The molecule has 2 heterocycles. The van der Waals surface area contributed by atoms with Crippen LogP contribution < -0.4 is 0 Å². The average Bonchev–Trinajstić information content (AvgIpc) is 3.41. The molecule has 0 aromatic rings. The van der Waals surface area contributed by atoms with Crippen LogP contribution in [0.5, 0.6) is 0 Å². The van der Waals surface area contributed by atoms with Gasteiger partial charge < -0.3 is 18.9 Å². The van der Waals surface area contributed by atoms with Gasteiger partial charge in [-0.1, -0.05) is 18.6 Å². The first kappa shape index (κ1) is 18.9. The molecule has 2 aliphatic heterocycles. The number of ketones is 1. The first-order valence-corrected chi connectivity index (χ1v) is 9.64. The number of carbonyl (C=O) groups is 3. The lowest BCUT2D eigenvalue weighted by Crippen LogP contribution is -2.66. The summed E-state index contributed by atoms with van der Waals surface area (Å²) in [7, 11) is 0. The Morgan fingerprint density at radius 2 is 2.11 bits per heavy atom. The summed E-state index contributed by atoms with van der Waals surface area (Å²) in [5.41, 5.74) is -1.35. The summed E-state index contributed by atoms with van der Waals surface area (Å²) in [6.45, 7) is 5.66. The molecule has 4 rings (SSSR count). The van der Waals surface area contributed by atoms with Crippen LogP contribution in [0, 0.1) is 10.8 Å². The van der Waals surface area contributed by atoms with E-state index in [1.54, 1.807) is 0 Å². The Balaban J connectivity index is 1.85. The molecular weight excluding hydrogens is 376 g/mol. The number of hydrogen-bond acceptors (Lipinski definition) is 7. The van der Waals surface area contributed by atoms with E-state index in [0.717, 1.165) is 12.0 Å². The van der Waals surface area contributed by atoms with E-state index in [2.05, 4.69) is 0 Å². The highest BCUT2D eigenvalue weighted by Gasteiger charge is 2.86. The highest BCUT2D eigenvalue weighted by Crippen LogP contribution is 2.71. The van der Waals surface area contributed by atoms with Crippen LogP contribution in [0.4, 0.5) is 0 Å². The van der Waals surface area contributed by atoms with Gasteiger partial charge in [-0.15, -0.1) is 11.6 Å². The van der Waals surface area contributed by atoms with Gasteiger partial charge in [0.15, 0.2) is 12.2 Å². The number of alkyl halides is 1. The number of Topliss-reactive ketones (excluding diaryl/α,β-unsaturated/α-hetero) is 1. The molecule has 0 unspecified atom stereocenters. The third kappa shape index (κ3) is 2.31. The highest BCUT2D eigenvalue weighted by molar-refractivity contribution is 6.26. The zero-order valence-corrected chi connectivity index (χ0v) is 16.3. The van der Waals surface area contributed by atoms with E-state index >= 15 is 0 Å². The zero-order chi connectivity index (χ0) is 19.6. The lowest BCUT2D eigenvalue weighted by Gasteiger charge is -2.57. The fraction of sp³-hybridized carbons (Fsp3) is 0.737. The Hall–Kier alpha value is -1.44. The SMILES string of the molecule is CC(=O)OC[C@]12CCC(C)=C[C@H]1O[C@@H]1C(=O)[C@@H](OC(=O)CCl)[C@@]2(C)[C@@]12CO2. The Labute approximate surface area is 162 Å². The molecule has 0 N–H and O–H groups in total. The largest absolute Gasteiger partial charge is 0.465 e. The minimum atomic E-state index is -1.05. The normalized spacial score (nSPS) is 44.5. The fourth-order valence-electron chi connectivity index (χ4n) is 5.34. The lowest BCUT2D eigenvalue weighted by atomic mass is 9.51. The Morgan fingerprint density at radius 1 is 1.41 bits per heavy atom. The first-order chi connectivity index (χ1) is 12.7. The summed E-state index contributed by atoms with van der Waals surface area (Å²) < 4.78 is 23.0. The van der Waals surface area contributed by atoms with E-state index in [9.17, 15) is 14.4 Å². The van der Waals surface area contributed by atoms with Crippen LogP contribution in [0.2, 0.25) is 0 Å². The number of rotatable bonds is 4. The minimum absolute atomic E-state index is 0.0628. The molecule has 2 saturated heterocycles. The molecule has 0 aromatic carbocycles. The van der Waals surface area contributed by atoms with Gasteiger partial charge in [0, 0.05) is 12.3 Å². The van der Waals surface area contributed by atoms with Crippen molar-refractivity contribution < 1.29 is 33.3 Å². The zero-order valence-electron chi connectivity index (χ0n) is 15.6. The van der Waals surface area contributed by atoms with Crippen molar-refractivity contribution in [1.29, 1.82) is 0 Å². The fourth-order valence-corrected chi connectivity index (χ4v) is 5.41. The average molecular weight is 399 g/mol. The number of esters is 2. The van der Waals surface area contributed by atoms with E-state index in [-0.39, 0.29) is 18.3 Å². The van der Waals surface area contributed by atoms with Gasteiger partial charge in [0.2, 0.25) is 5.78 Å². The summed E-state index contributed by atoms with van der Waals surface area (Å²) in [6.07, 6.45) is 1.09. The van der Waals surface area contributed by atoms with Crippen molar-refractivity contribution in [3.63, 3.8) is 0 Å². The van der Waals surface area contributed by atoms with Gasteiger partial charge in [0.1, 0.15) is 18.1 Å². The van der Waals surface area contributed by atoms with Crippen LogP contribution >= 0.6 is 11.6 Å². The quantitative estimate of drug-likeness (QED) is 0.307. The number of halogens is 1. The maximum absolute atomic E-state index is 13.2. The molecule has 27 heavy (non-hydrogen) atoms. The van der Waals surface area contributed by atoms with Gasteiger partial charge >= 0.3 is 11.9 Å². The lowest BCUT2D eigenvalue weighted by molar-refractivity contribution is -0.232. The predicted octanol–water partition coefficient (Wildman–Crippen LogP) is 1.55. The molecule has 2 bridgehead atoms. The van der Waals surface area contributed by atoms with Crippen molar-refractivity contribution in [2.75, 3.05) is 19.1 Å². The minimum Gasteiger partial charge on any atom is -0.465 e. The van der Waals surface area contributed by atoms with Crippen molar-refractivity contribution >= 4 is 29.3 Å². The summed E-state index contributed by atoms with van der Waals surface area (Å²) >= 11 is 5.62. The number of ether oxygens (including phenoxy) is 4. The highest BCUT2D eigenvalue weighted by atomic mass is 35.5. The van der Waals surface area contributed by atoms with E-state index in [4.69, 9.17) is 30.5 Å².